The van der Waals surface area contributed by atoms with Crippen molar-refractivity contribution in [3.8, 4) is 0 Å². The fraction of sp³-hybridized carbons (Fsp3) is 1.00. The molecule has 0 spiro atoms. The summed E-state index contributed by atoms with van der Waals surface area (Å²) in [5.41, 5.74) is 0.0957. The highest BCUT2D eigenvalue weighted by molar-refractivity contribution is 7.38. The molecule has 0 aromatic carbocycles. The predicted molar refractivity (Wildman–Crippen MR) is 77.8 cm³/mol. The van der Waals surface area contributed by atoms with Crippen LogP contribution in [0.5, 0.6) is 0 Å². The van der Waals surface area contributed by atoms with Crippen molar-refractivity contribution in [2.75, 3.05) is 0 Å². The van der Waals surface area contributed by atoms with E-state index in [4.69, 9.17) is 0 Å². The Morgan fingerprint density at radius 1 is 0.938 bits per heavy atom. The predicted octanol–water partition coefficient (Wildman–Crippen LogP) is 3.19. The van der Waals surface area contributed by atoms with Crippen LogP contribution < -0.4 is 0 Å². The normalized spacial score (nSPS) is 14.2. The zero-order valence-electron chi connectivity index (χ0n) is 10.3. The molecule has 0 saturated carbocycles. The first-order valence-corrected chi connectivity index (χ1v) is 7.88. The number of hydrogen-bond donors (Lipinski definition) is 1. The van der Waals surface area contributed by atoms with Gasteiger partial charge in [-0.1, -0.05) is 58.8 Å². The Morgan fingerprint density at radius 2 is 1.38 bits per heavy atom. The Bertz CT molecular complexity index is 165. The van der Waals surface area contributed by atoms with Gasteiger partial charge in [-0.2, -0.15) is 0 Å². The van der Waals surface area contributed by atoms with E-state index in [9.17, 15) is 9.46 Å². The average Bonchev–Trinajstić information content (AvgIpc) is 2.21. The minimum absolute atomic E-state index is 0. The van der Waals surface area contributed by atoms with Gasteiger partial charge in [0.1, 0.15) is 0 Å². The van der Waals surface area contributed by atoms with Gasteiger partial charge in [-0.25, -0.2) is 0 Å². The molecule has 0 saturated heterocycles. The number of rotatable bonds is 10. The van der Waals surface area contributed by atoms with Crippen molar-refractivity contribution in [3.63, 3.8) is 0 Å². The zero-order valence-corrected chi connectivity index (χ0v) is 11.3. The Morgan fingerprint density at radius 3 is 1.81 bits per heavy atom. The third-order valence-electron chi connectivity index (χ3n) is 2.91. The molecule has 0 amide bonds. The summed E-state index contributed by atoms with van der Waals surface area (Å²) in [5, 5.41) is 0. The molecule has 0 aromatic rings. The van der Waals surface area contributed by atoms with Crippen molar-refractivity contribution in [1.82, 2.24) is 0 Å². The van der Waals surface area contributed by atoms with Gasteiger partial charge < -0.3 is 4.89 Å². The molecule has 16 heavy (non-hydrogen) atoms. The molecule has 4 heteroatoms. The molecule has 98 valence electrons. The van der Waals surface area contributed by atoms with E-state index in [1.54, 1.807) is 0 Å². The van der Waals surface area contributed by atoms with Crippen LogP contribution in [-0.2, 0) is 4.57 Å². The Balaban J connectivity index is 0. The van der Waals surface area contributed by atoms with E-state index >= 15 is 0 Å². The third kappa shape index (κ3) is 11.2. The summed E-state index contributed by atoms with van der Waals surface area (Å²) in [5.74, 6) is 0. The van der Waals surface area contributed by atoms with E-state index in [0.29, 0.717) is 0 Å². The largest absolute Gasteiger partial charge is 0.346 e. The van der Waals surface area contributed by atoms with Crippen molar-refractivity contribution in [3.05, 3.63) is 0 Å². The van der Waals surface area contributed by atoms with Gasteiger partial charge in [-0.05, 0) is 12.8 Å². The number of hydrogen-bond acceptors (Lipinski definition) is 1. The van der Waals surface area contributed by atoms with Gasteiger partial charge in [0.05, 0.1) is 0 Å². The SMILES string of the molecule is CCCCCCC(CCCCC)[PH](=O)O.[AlH3]. The second kappa shape index (κ2) is 13.8. The fourth-order valence-electron chi connectivity index (χ4n) is 1.85. The molecule has 0 heterocycles. The quantitative estimate of drug-likeness (QED) is 0.374. The molecule has 2 atom stereocenters. The molecule has 0 fully saturated rings. The van der Waals surface area contributed by atoms with Crippen LogP contribution in [0, 0.1) is 0 Å². The second-order valence-electron chi connectivity index (χ2n) is 4.38. The highest BCUT2D eigenvalue weighted by Gasteiger charge is 2.13. The second-order valence-corrected chi connectivity index (χ2v) is 5.87. The van der Waals surface area contributed by atoms with E-state index < -0.39 is 8.03 Å². The van der Waals surface area contributed by atoms with Crippen molar-refractivity contribution < 1.29 is 9.46 Å². The van der Waals surface area contributed by atoms with Gasteiger partial charge in [0.25, 0.3) is 0 Å². The first-order chi connectivity index (χ1) is 7.22. The van der Waals surface area contributed by atoms with E-state index in [1.807, 2.05) is 0 Å². The van der Waals surface area contributed by atoms with Gasteiger partial charge >= 0.3 is 0 Å². The fourth-order valence-corrected chi connectivity index (χ4v) is 2.75. The van der Waals surface area contributed by atoms with Crippen LogP contribution in [0.25, 0.3) is 0 Å². The van der Waals surface area contributed by atoms with E-state index in [1.165, 1.54) is 32.1 Å². The molecule has 0 aromatic heterocycles. The van der Waals surface area contributed by atoms with Gasteiger partial charge in [0.2, 0.25) is 0 Å². The minimum atomic E-state index is -2.29. The van der Waals surface area contributed by atoms with Crippen LogP contribution in [-0.4, -0.2) is 27.9 Å². The van der Waals surface area contributed by atoms with Gasteiger partial charge in [-0.15, -0.1) is 0 Å². The average molecular weight is 264 g/mol. The Kier molecular flexibility index (Phi) is 16.4. The maximum atomic E-state index is 11.1. The summed E-state index contributed by atoms with van der Waals surface area (Å²) in [7, 11) is -2.29. The van der Waals surface area contributed by atoms with Crippen molar-refractivity contribution in [2.45, 2.75) is 77.3 Å². The van der Waals surface area contributed by atoms with Crippen LogP contribution >= 0.6 is 8.03 Å². The molecule has 0 rings (SSSR count). The van der Waals surface area contributed by atoms with Crippen LogP contribution in [0.15, 0.2) is 0 Å². The maximum absolute atomic E-state index is 11.1. The van der Waals surface area contributed by atoms with Crippen LogP contribution in [0.4, 0.5) is 0 Å². The summed E-state index contributed by atoms with van der Waals surface area (Å²) in [6, 6.07) is 0. The molecule has 1 N–H and O–H groups in total. The Labute approximate surface area is 112 Å². The monoisotopic (exact) mass is 264 g/mol. The number of unbranched alkanes of at least 4 members (excludes halogenated alkanes) is 5. The van der Waals surface area contributed by atoms with Crippen molar-refractivity contribution in [1.29, 1.82) is 0 Å². The zero-order chi connectivity index (χ0) is 11.5. The lowest BCUT2D eigenvalue weighted by atomic mass is 10.1. The molecular weight excluding hydrogens is 234 g/mol. The molecule has 2 unspecified atom stereocenters. The van der Waals surface area contributed by atoms with Crippen LogP contribution in [0.2, 0.25) is 0 Å². The molecular formula is C12H30AlO2P. The standard InChI is InChI=1S/C12H27O2P.Al.3H/c1-3-5-7-9-11-12(15(13)14)10-8-6-4-2;;;;/h12,15H,3-11H2,1-2H3,(H,13,14);;;;. The first kappa shape index (κ1) is 19.1. The van der Waals surface area contributed by atoms with Crippen LogP contribution in [0.1, 0.15) is 71.6 Å². The molecule has 0 aliphatic carbocycles. The highest BCUT2D eigenvalue weighted by Crippen LogP contribution is 2.31. The lowest BCUT2D eigenvalue weighted by molar-refractivity contribution is 0.465. The Hall–Kier alpha value is 0.722. The summed E-state index contributed by atoms with van der Waals surface area (Å²) in [6.45, 7) is 4.35. The summed E-state index contributed by atoms with van der Waals surface area (Å²) < 4.78 is 11.1. The molecule has 0 aliphatic rings. The van der Waals surface area contributed by atoms with E-state index in [0.717, 1.165) is 25.7 Å². The van der Waals surface area contributed by atoms with Crippen molar-refractivity contribution in [2.24, 2.45) is 0 Å². The molecule has 2 nitrogen and oxygen atoms in total. The van der Waals surface area contributed by atoms with Crippen LogP contribution in [0.3, 0.4) is 0 Å². The summed E-state index contributed by atoms with van der Waals surface area (Å²) >= 11 is 0. The van der Waals surface area contributed by atoms with Gasteiger partial charge in [-0.3, -0.25) is 4.57 Å². The van der Waals surface area contributed by atoms with Crippen molar-refractivity contribution >= 4 is 25.4 Å². The minimum Gasteiger partial charge on any atom is -0.346 e. The van der Waals surface area contributed by atoms with E-state index in [-0.39, 0.29) is 23.0 Å². The highest BCUT2D eigenvalue weighted by atomic mass is 31.1. The molecule has 0 radical (unpaired) electrons. The molecule has 0 aliphatic heterocycles. The lowest BCUT2D eigenvalue weighted by Gasteiger charge is -2.12. The third-order valence-corrected chi connectivity index (χ3v) is 4.19. The first-order valence-electron chi connectivity index (χ1n) is 6.45. The maximum Gasteiger partial charge on any atom is 0.192 e. The molecule has 0 bridgehead atoms. The lowest BCUT2D eigenvalue weighted by Crippen LogP contribution is -2.02. The topological polar surface area (TPSA) is 37.3 Å². The van der Waals surface area contributed by atoms with E-state index in [2.05, 4.69) is 13.8 Å². The van der Waals surface area contributed by atoms with Gasteiger partial charge in [0.15, 0.2) is 25.4 Å². The summed E-state index contributed by atoms with van der Waals surface area (Å²) in [4.78, 5) is 9.21. The van der Waals surface area contributed by atoms with Gasteiger partial charge in [0, 0.05) is 5.66 Å². The summed E-state index contributed by atoms with van der Waals surface area (Å²) in [6.07, 6.45) is 10.2. The smallest absolute Gasteiger partial charge is 0.192 e.